The topological polar surface area (TPSA) is 76.6 Å². The molecule has 0 unspecified atom stereocenters. The van der Waals surface area contributed by atoms with E-state index in [1.807, 2.05) is 73.5 Å². The molecular formula is C31H28N2O4. The van der Waals surface area contributed by atoms with Gasteiger partial charge >= 0.3 is 5.63 Å². The van der Waals surface area contributed by atoms with E-state index in [-0.39, 0.29) is 18.4 Å². The Balaban J connectivity index is 1.42. The van der Waals surface area contributed by atoms with Gasteiger partial charge in [0.15, 0.2) is 0 Å². The lowest BCUT2D eigenvalue weighted by Crippen LogP contribution is -2.40. The van der Waals surface area contributed by atoms with Crippen LogP contribution in [0.25, 0.3) is 33.1 Å². The highest BCUT2D eigenvalue weighted by Gasteiger charge is 2.29. The van der Waals surface area contributed by atoms with Gasteiger partial charge in [0.2, 0.25) is 5.91 Å². The Hall–Kier alpha value is -4.19. The highest BCUT2D eigenvalue weighted by Crippen LogP contribution is 2.37. The average molecular weight is 493 g/mol. The van der Waals surface area contributed by atoms with Gasteiger partial charge in [0.1, 0.15) is 11.2 Å². The minimum absolute atomic E-state index is 0.00881. The zero-order chi connectivity index (χ0) is 25.5. The van der Waals surface area contributed by atoms with E-state index in [9.17, 15) is 9.59 Å². The van der Waals surface area contributed by atoms with Crippen LogP contribution in [0.4, 0.5) is 0 Å². The SMILES string of the molecule is Cc1c(CC(=O)N2CCCC[C@H]2c2cccnc2)c(=O)oc2c(C)c3occ(-c4ccccc4)c3cc12. The lowest BCUT2D eigenvalue weighted by atomic mass is 9.94. The molecule has 6 heteroatoms. The molecule has 0 aliphatic carbocycles. The minimum Gasteiger partial charge on any atom is -0.463 e. The van der Waals surface area contributed by atoms with E-state index >= 15 is 0 Å². The third-order valence-corrected chi connectivity index (χ3v) is 7.65. The lowest BCUT2D eigenvalue weighted by Gasteiger charge is -2.36. The van der Waals surface area contributed by atoms with Crippen molar-refractivity contribution in [3.8, 4) is 11.1 Å². The van der Waals surface area contributed by atoms with E-state index in [4.69, 9.17) is 8.83 Å². The molecule has 3 aromatic heterocycles. The summed E-state index contributed by atoms with van der Waals surface area (Å²) in [5, 5.41) is 1.78. The van der Waals surface area contributed by atoms with Crippen LogP contribution in [-0.2, 0) is 11.2 Å². The zero-order valence-electron chi connectivity index (χ0n) is 21.0. The average Bonchev–Trinajstić information content (AvgIpc) is 3.37. The van der Waals surface area contributed by atoms with E-state index in [2.05, 4.69) is 4.98 Å². The van der Waals surface area contributed by atoms with Crippen LogP contribution < -0.4 is 5.63 Å². The number of aryl methyl sites for hydroxylation is 2. The second-order valence-corrected chi connectivity index (χ2v) is 9.83. The van der Waals surface area contributed by atoms with E-state index in [0.29, 0.717) is 23.3 Å². The minimum atomic E-state index is -0.467. The fourth-order valence-corrected chi connectivity index (χ4v) is 5.64. The monoisotopic (exact) mass is 492 g/mol. The Bertz CT molecular complexity index is 1670. The molecule has 0 radical (unpaired) electrons. The fourth-order valence-electron chi connectivity index (χ4n) is 5.64. The molecule has 2 aromatic carbocycles. The van der Waals surface area contributed by atoms with Gasteiger partial charge in [-0.2, -0.15) is 0 Å². The van der Waals surface area contributed by atoms with Crippen molar-refractivity contribution < 1.29 is 13.6 Å². The van der Waals surface area contributed by atoms with Gasteiger partial charge in [-0.1, -0.05) is 36.4 Å². The highest BCUT2D eigenvalue weighted by molar-refractivity contribution is 6.05. The number of rotatable bonds is 4. The number of aromatic nitrogens is 1. The van der Waals surface area contributed by atoms with Gasteiger partial charge in [0.05, 0.1) is 24.3 Å². The molecule has 5 aromatic rings. The summed E-state index contributed by atoms with van der Waals surface area (Å²) in [7, 11) is 0. The van der Waals surface area contributed by atoms with E-state index in [0.717, 1.165) is 57.9 Å². The maximum atomic E-state index is 13.6. The van der Waals surface area contributed by atoms with Crippen LogP contribution in [0.5, 0.6) is 0 Å². The number of benzene rings is 2. The number of hydrogen-bond acceptors (Lipinski definition) is 5. The first-order valence-corrected chi connectivity index (χ1v) is 12.7. The van der Waals surface area contributed by atoms with Crippen molar-refractivity contribution in [2.75, 3.05) is 6.54 Å². The second kappa shape index (κ2) is 9.36. The molecular weight excluding hydrogens is 464 g/mol. The number of furan rings is 1. The van der Waals surface area contributed by atoms with Crippen molar-refractivity contribution >= 4 is 27.8 Å². The summed E-state index contributed by atoms with van der Waals surface area (Å²) in [6, 6.07) is 16.0. The summed E-state index contributed by atoms with van der Waals surface area (Å²) in [6.45, 7) is 4.48. The smallest absolute Gasteiger partial charge is 0.340 e. The standard InChI is InChI=1S/C31H28N2O4/c1-19-23-15-25-26(21-9-4-3-5-10-21)18-36-29(25)20(2)30(23)37-31(35)24(19)16-28(34)33-14-7-6-12-27(33)22-11-8-13-32-17-22/h3-5,8-11,13,15,17-18,27H,6-7,12,14,16H2,1-2H3/t27-/m0/s1. The third kappa shape index (κ3) is 4.02. The summed E-state index contributed by atoms with van der Waals surface area (Å²) in [5.74, 6) is -0.0608. The van der Waals surface area contributed by atoms with Gasteiger partial charge in [0.25, 0.3) is 0 Å². The van der Waals surface area contributed by atoms with Crippen LogP contribution in [0.1, 0.15) is 47.6 Å². The number of hydrogen-bond donors (Lipinski definition) is 0. The highest BCUT2D eigenvalue weighted by atomic mass is 16.4. The number of carbonyl (C=O) groups is 1. The molecule has 1 amide bonds. The maximum Gasteiger partial charge on any atom is 0.340 e. The molecule has 186 valence electrons. The van der Waals surface area contributed by atoms with E-state index in [1.54, 1.807) is 12.5 Å². The van der Waals surface area contributed by atoms with Crippen molar-refractivity contribution in [3.63, 3.8) is 0 Å². The number of pyridine rings is 1. The summed E-state index contributed by atoms with van der Waals surface area (Å²) in [5.41, 5.74) is 5.77. The predicted octanol–water partition coefficient (Wildman–Crippen LogP) is 6.51. The molecule has 6 rings (SSSR count). The third-order valence-electron chi connectivity index (χ3n) is 7.65. The molecule has 0 bridgehead atoms. The predicted molar refractivity (Wildman–Crippen MR) is 143 cm³/mol. The van der Waals surface area contributed by atoms with Crippen molar-refractivity contribution in [1.29, 1.82) is 0 Å². The molecule has 1 aliphatic heterocycles. The van der Waals surface area contributed by atoms with Gasteiger partial charge in [-0.15, -0.1) is 0 Å². The van der Waals surface area contributed by atoms with Gasteiger partial charge in [-0.05, 0) is 61.9 Å². The fraction of sp³-hybridized carbons (Fsp3) is 0.258. The number of amides is 1. The molecule has 0 saturated carbocycles. The largest absolute Gasteiger partial charge is 0.463 e. The quantitative estimate of drug-likeness (QED) is 0.267. The molecule has 6 nitrogen and oxygen atoms in total. The van der Waals surface area contributed by atoms with Gasteiger partial charge in [-0.3, -0.25) is 9.78 Å². The molecule has 0 N–H and O–H groups in total. The van der Waals surface area contributed by atoms with Crippen LogP contribution in [-0.4, -0.2) is 22.3 Å². The Morgan fingerprint density at radius 1 is 1.03 bits per heavy atom. The zero-order valence-corrected chi connectivity index (χ0v) is 21.0. The van der Waals surface area contributed by atoms with Crippen LogP contribution in [0, 0.1) is 13.8 Å². The van der Waals surface area contributed by atoms with Gasteiger partial charge in [-0.25, -0.2) is 4.79 Å². The molecule has 0 spiro atoms. The second-order valence-electron chi connectivity index (χ2n) is 9.83. The van der Waals surface area contributed by atoms with Crippen molar-refractivity contribution in [3.05, 3.63) is 99.9 Å². The van der Waals surface area contributed by atoms with Crippen LogP contribution in [0.3, 0.4) is 0 Å². The van der Waals surface area contributed by atoms with Crippen LogP contribution in [0.15, 0.2) is 80.8 Å². The molecule has 37 heavy (non-hydrogen) atoms. The maximum absolute atomic E-state index is 13.6. The Kier molecular flexibility index (Phi) is 5.87. The first-order chi connectivity index (χ1) is 18.0. The Labute approximate surface area is 214 Å². The van der Waals surface area contributed by atoms with Gasteiger partial charge < -0.3 is 13.7 Å². The molecule has 1 aliphatic rings. The first-order valence-electron chi connectivity index (χ1n) is 12.7. The first kappa shape index (κ1) is 23.2. The molecule has 4 heterocycles. The number of nitrogens with zero attached hydrogens (tertiary/aromatic N) is 2. The molecule has 1 saturated heterocycles. The lowest BCUT2D eigenvalue weighted by molar-refractivity contribution is -0.134. The summed E-state index contributed by atoms with van der Waals surface area (Å²) < 4.78 is 11.8. The summed E-state index contributed by atoms with van der Waals surface area (Å²) in [4.78, 5) is 32.9. The summed E-state index contributed by atoms with van der Waals surface area (Å²) in [6.07, 6.45) is 8.23. The van der Waals surface area contributed by atoms with Crippen LogP contribution >= 0.6 is 0 Å². The van der Waals surface area contributed by atoms with Crippen molar-refractivity contribution in [2.24, 2.45) is 0 Å². The summed E-state index contributed by atoms with van der Waals surface area (Å²) >= 11 is 0. The number of piperidine rings is 1. The molecule has 1 fully saturated rings. The van der Waals surface area contributed by atoms with Crippen molar-refractivity contribution in [2.45, 2.75) is 45.6 Å². The Morgan fingerprint density at radius 2 is 1.86 bits per heavy atom. The molecule has 1 atom stereocenters. The van der Waals surface area contributed by atoms with Crippen LogP contribution in [0.2, 0.25) is 0 Å². The Morgan fingerprint density at radius 3 is 2.65 bits per heavy atom. The number of likely N-dealkylation sites (tertiary alicyclic amines) is 1. The van der Waals surface area contributed by atoms with Gasteiger partial charge in [0, 0.05) is 40.8 Å². The normalized spacial score (nSPS) is 15.9. The number of carbonyl (C=O) groups excluding carboxylic acids is 1. The van der Waals surface area contributed by atoms with E-state index < -0.39 is 5.63 Å². The number of fused-ring (bicyclic) bond motifs is 2. The van der Waals surface area contributed by atoms with Crippen molar-refractivity contribution in [1.82, 2.24) is 9.88 Å². The van der Waals surface area contributed by atoms with E-state index in [1.165, 1.54) is 0 Å².